The summed E-state index contributed by atoms with van der Waals surface area (Å²) in [6.45, 7) is 23.7. The SMILES string of the molecule is CC(=O)NC(CS)C(=O)O.CC(=O)NC(CS)C(=O)OC(=O)c1ccccc1C.CC(=O)NC(CS)C(=O)OC(=O)c1ccccc1O.CN.CN.CNC(=O)OC(C)(C)C.CNC(=O)OC(C)(C)C.CNC(=O)OC(C)(C)C.Cc1ccccc1C(=O)O.ClCCl.O=C(O)c1ccccc1O.O=C(O)c1ccccc1O.O=S(=O)(O)O.[2H]C#C. The van der Waals surface area contributed by atoms with Gasteiger partial charge >= 0.3 is 76.4 Å². The van der Waals surface area contributed by atoms with E-state index in [1.54, 1.807) is 80.6 Å². The molecule has 670 valence electrons. The average Bonchev–Trinajstić information content (AvgIpc) is 0.881. The average molecular weight is 1810 g/mol. The standard InChI is InChI=1S/C13H15NO4S.C12H13NO5S.C8H8O2.2C7H6O3.3C6H13NO2.C5H9NO3S.C2H2.CH2Cl2.2CH5N.H2O4S/c1-8-5-3-4-6-10(8)12(16)18-13(17)11(7-19)14-9(2)15;1-7(14)13-9(6-19)12(17)18-11(16)8-4-2-3-5-10(8)15;1-6-4-2-3-5-7(6)8(9)10;2*8-6-4-2-1-3-5(6)7(9)10;3*1-6(2,3)9-5(8)7-4;1-3(7)6-4(2-10)5(8)9;1-2;2-1-3;2*1-2;1-5(2,3)4/h3-6,11,19H,7H2,1-2H3,(H,14,15);2-5,9,15,19H,6H2,1H3,(H,13,14);2-5H,1H3,(H,9,10);2*1-4,8H,(H,9,10);3*1-4H3,(H,7,8);4,10H,2H2,1H3,(H,6,7)(H,8,9);1-2H;1H2;2*2H2,1H3;(H2,1,2,3,4)/i;;;;;;;;;1D;;;;. The van der Waals surface area contributed by atoms with E-state index in [-0.39, 0.29) is 103 Å². The second-order valence-electron chi connectivity index (χ2n) is 24.0. The number of phenolic OH excluding ortho intramolecular Hbond substituents is 1. The highest BCUT2D eigenvalue weighted by Crippen LogP contribution is 2.19. The summed E-state index contributed by atoms with van der Waals surface area (Å²) < 4.78 is 61.1. The van der Waals surface area contributed by atoms with E-state index in [1.807, 2.05) is 68.4 Å². The van der Waals surface area contributed by atoms with Crippen LogP contribution >= 0.6 is 61.1 Å². The Hall–Kier alpha value is -11.1. The molecule has 44 heteroatoms. The van der Waals surface area contributed by atoms with Crippen molar-refractivity contribution < 1.29 is 145 Å². The Labute approximate surface area is 720 Å². The predicted molar refractivity (Wildman–Crippen MR) is 457 cm³/mol. The Morgan fingerprint density at radius 1 is 0.437 bits per heavy atom. The van der Waals surface area contributed by atoms with Crippen molar-refractivity contribution >= 4 is 155 Å². The summed E-state index contributed by atoms with van der Waals surface area (Å²) in [6.07, 6.45) is 4.60. The lowest BCUT2D eigenvalue weighted by Crippen LogP contribution is -2.42. The molecule has 119 heavy (non-hydrogen) atoms. The number of rotatable bonds is 14. The van der Waals surface area contributed by atoms with Crippen LogP contribution in [-0.2, 0) is 62.9 Å². The number of para-hydroxylation sites is 3. The van der Waals surface area contributed by atoms with Crippen LogP contribution in [0.15, 0.2) is 121 Å². The maximum atomic E-state index is 11.8. The Kier molecular flexibility index (Phi) is 74.9. The Morgan fingerprint density at radius 3 is 0.798 bits per heavy atom. The molecule has 0 aliphatic carbocycles. The van der Waals surface area contributed by atoms with Gasteiger partial charge in [0, 0.05) is 59.2 Å². The monoisotopic (exact) mass is 1800 g/mol. The van der Waals surface area contributed by atoms with E-state index >= 15 is 0 Å². The normalized spacial score (nSPS) is 10.3. The van der Waals surface area contributed by atoms with Crippen LogP contribution in [0.2, 0.25) is 0 Å². The molecular weight excluding hydrogens is 1690 g/mol. The van der Waals surface area contributed by atoms with Gasteiger partial charge in [-0.2, -0.15) is 46.3 Å². The number of carbonyl (C=O) groups excluding carboxylic acids is 10. The smallest absolute Gasteiger partial charge is 0.407 e. The molecule has 3 atom stereocenters. The van der Waals surface area contributed by atoms with Gasteiger partial charge < -0.3 is 103 Å². The number of aromatic carboxylic acids is 3. The number of carboxylic acids is 4. The van der Waals surface area contributed by atoms with Gasteiger partial charge in [0.15, 0.2) is 0 Å². The second kappa shape index (κ2) is 72.1. The predicted octanol–water partition coefficient (Wildman–Crippen LogP) is 8.59. The summed E-state index contributed by atoms with van der Waals surface area (Å²) in [5.41, 5.74) is 9.78. The van der Waals surface area contributed by atoms with Crippen molar-refractivity contribution in [1.82, 2.24) is 31.9 Å². The second-order valence-corrected chi connectivity index (χ2v) is 26.8. The molecule has 5 aromatic rings. The molecular formula is C75H112Cl2N8O30S4. The van der Waals surface area contributed by atoms with Gasteiger partial charge in [0.2, 0.25) is 17.7 Å². The maximum Gasteiger partial charge on any atom is 0.407 e. The number of alkyl carbamates (subject to hydrolysis) is 3. The number of phenols is 3. The number of terminal acetylenes is 1. The molecule has 6 amide bonds. The fourth-order valence-corrected chi connectivity index (χ4v) is 7.00. The number of ether oxygens (including phenoxy) is 5. The summed E-state index contributed by atoms with van der Waals surface area (Å²) in [7, 11) is 2.94. The zero-order chi connectivity index (χ0) is 96.0. The Bertz CT molecular complexity index is 3770. The van der Waals surface area contributed by atoms with Crippen LogP contribution in [0, 0.1) is 26.7 Å². The van der Waals surface area contributed by atoms with E-state index in [1.165, 1.54) is 111 Å². The molecule has 0 heterocycles. The molecule has 38 nitrogen and oxygen atoms in total. The number of nitrogens with two attached hydrogens (primary N) is 2. The van der Waals surface area contributed by atoms with Gasteiger partial charge in [0.1, 0.15) is 70.2 Å². The third-order valence-corrected chi connectivity index (χ3v) is 12.0. The summed E-state index contributed by atoms with van der Waals surface area (Å²) in [5, 5.41) is 75.1. The van der Waals surface area contributed by atoms with Crippen molar-refractivity contribution in [1.29, 1.82) is 0 Å². The molecule has 0 aliphatic heterocycles. The van der Waals surface area contributed by atoms with Gasteiger partial charge in [-0.05, 0) is 150 Å². The van der Waals surface area contributed by atoms with Crippen LogP contribution in [0.5, 0.6) is 17.2 Å². The van der Waals surface area contributed by atoms with Crippen LogP contribution in [0.25, 0.3) is 0 Å². The third-order valence-electron chi connectivity index (χ3n) is 10.9. The number of nitrogens with one attached hydrogen (secondary N) is 6. The summed E-state index contributed by atoms with van der Waals surface area (Å²) in [5.74, 6) is -9.35. The van der Waals surface area contributed by atoms with Gasteiger partial charge in [0.25, 0.3) is 0 Å². The quantitative estimate of drug-likeness (QED) is 0.00940. The number of benzene rings is 5. The summed E-state index contributed by atoms with van der Waals surface area (Å²) >= 11 is 21.1. The minimum absolute atomic E-state index is 0.00748. The summed E-state index contributed by atoms with van der Waals surface area (Å²) in [4.78, 5) is 151. The molecule has 19 N–H and O–H groups in total. The van der Waals surface area contributed by atoms with Crippen molar-refractivity contribution in [3.05, 3.63) is 160 Å². The Morgan fingerprint density at radius 2 is 0.639 bits per heavy atom. The first-order valence-electron chi connectivity index (χ1n) is 33.9. The van der Waals surface area contributed by atoms with E-state index in [0.717, 1.165) is 5.56 Å². The molecule has 0 fully saturated rings. The first-order valence-corrected chi connectivity index (χ1v) is 37.8. The zero-order valence-corrected chi connectivity index (χ0v) is 74.0. The first-order chi connectivity index (χ1) is 55.3. The highest BCUT2D eigenvalue weighted by Gasteiger charge is 2.26. The number of halogens is 2. The molecule has 3 unspecified atom stereocenters. The molecule has 5 rings (SSSR count). The van der Waals surface area contributed by atoms with Crippen LogP contribution in [-0.4, -0.2) is 230 Å². The minimum Gasteiger partial charge on any atom is -0.507 e. The molecule has 0 spiro atoms. The Balaban J connectivity index is -0.000000164. The number of thiol groups is 3. The lowest BCUT2D eigenvalue weighted by Gasteiger charge is -2.18. The fourth-order valence-electron chi connectivity index (χ4n) is 6.27. The van der Waals surface area contributed by atoms with Gasteiger partial charge in [0.05, 0.1) is 16.5 Å². The lowest BCUT2D eigenvalue weighted by atomic mass is 10.1. The summed E-state index contributed by atoms with van der Waals surface area (Å²) in [6, 6.07) is 28.1. The van der Waals surface area contributed by atoms with Gasteiger partial charge in [-0.1, -0.05) is 72.8 Å². The number of alkyl halides is 2. The number of carboxylic acid groups (broad SMARTS) is 4. The topological polar surface area (TPSA) is 626 Å². The number of aromatic hydroxyl groups is 3. The van der Waals surface area contributed by atoms with E-state index in [2.05, 4.69) is 92.4 Å². The number of esters is 4. The maximum absolute atomic E-state index is 11.8. The van der Waals surface area contributed by atoms with E-state index in [0.29, 0.717) is 16.7 Å². The van der Waals surface area contributed by atoms with Crippen molar-refractivity contribution in [2.24, 2.45) is 11.5 Å². The molecule has 0 bridgehead atoms. The number of hydrogen-bond donors (Lipinski definition) is 20. The number of aliphatic carboxylic acids is 1. The van der Waals surface area contributed by atoms with Crippen LogP contribution in [0.4, 0.5) is 14.4 Å². The zero-order valence-electron chi connectivity index (χ0n) is 69.9. The van der Waals surface area contributed by atoms with Crippen molar-refractivity contribution in [3.8, 4) is 30.1 Å². The lowest BCUT2D eigenvalue weighted by molar-refractivity contribution is -0.142. The number of amides is 6. The van der Waals surface area contributed by atoms with Crippen LogP contribution in [0.3, 0.4) is 0 Å². The molecule has 0 aliphatic rings. The minimum atomic E-state index is -4.67. The largest absolute Gasteiger partial charge is 0.507 e. The molecule has 0 radical (unpaired) electrons. The van der Waals surface area contributed by atoms with Gasteiger partial charge in [-0.15, -0.1) is 36.0 Å². The highest BCUT2D eigenvalue weighted by molar-refractivity contribution is 7.80. The van der Waals surface area contributed by atoms with E-state index in [9.17, 15) is 72.2 Å². The van der Waals surface area contributed by atoms with E-state index < -0.39 is 82.2 Å². The fraction of sp³-hybridized carbons (Fsp3) is 0.387. The number of aryl methyl sites for hydroxylation is 2. The molecule has 5 aromatic carbocycles. The highest BCUT2D eigenvalue weighted by atomic mass is 35.5. The van der Waals surface area contributed by atoms with Crippen molar-refractivity contribution in [2.45, 2.75) is 132 Å². The van der Waals surface area contributed by atoms with Gasteiger partial charge in [-0.25, -0.2) is 52.7 Å². The van der Waals surface area contributed by atoms with Gasteiger partial charge in [-0.3, -0.25) is 23.5 Å². The molecule has 0 aromatic heterocycles. The van der Waals surface area contributed by atoms with Crippen molar-refractivity contribution in [3.63, 3.8) is 0 Å². The van der Waals surface area contributed by atoms with Crippen LogP contribution < -0.4 is 43.4 Å². The third kappa shape index (κ3) is 77.8. The van der Waals surface area contributed by atoms with Crippen LogP contribution in [0.1, 0.15) is 147 Å². The first kappa shape index (κ1) is 124. The number of carbonyl (C=O) groups is 14. The van der Waals surface area contributed by atoms with Crippen molar-refractivity contribution in [2.75, 3.05) is 57.8 Å². The van der Waals surface area contributed by atoms with E-state index in [4.69, 9.17) is 91.7 Å². The molecule has 0 saturated heterocycles. The number of hydrogen-bond acceptors (Lipinski definition) is 29. The molecule has 0 saturated carbocycles.